The van der Waals surface area contributed by atoms with E-state index in [4.69, 9.17) is 6.48 Å². The van der Waals surface area contributed by atoms with Crippen molar-refractivity contribution < 1.29 is 29.4 Å². The number of carboxylic acid groups (broad SMARTS) is 1. The smallest absolute Gasteiger partial charge is 0.339 e. The van der Waals surface area contributed by atoms with Crippen LogP contribution in [0.15, 0.2) is 11.8 Å². The minimum Gasteiger partial charge on any atom is -0.481 e. The van der Waals surface area contributed by atoms with Crippen molar-refractivity contribution in [1.29, 1.82) is 0 Å². The molecule has 0 saturated carbocycles. The van der Waals surface area contributed by atoms with Gasteiger partial charge in [-0.1, -0.05) is 23.4 Å². The molecule has 12 heteroatoms. The summed E-state index contributed by atoms with van der Waals surface area (Å²) in [6.07, 6.45) is 6.25. The molecule has 158 valence electrons. The van der Waals surface area contributed by atoms with Gasteiger partial charge in [-0.05, 0) is 33.7 Å². The van der Waals surface area contributed by atoms with Gasteiger partial charge < -0.3 is 10.0 Å². The average molecular weight is 527 g/mol. The molecular weight excluding hydrogens is 494 g/mol. The second kappa shape index (κ2) is 22.9. The molecule has 0 aromatic rings. The zero-order valence-electron chi connectivity index (χ0n) is 16.1. The fourth-order valence-corrected chi connectivity index (χ4v) is 0.994. The van der Waals surface area contributed by atoms with Crippen molar-refractivity contribution in [3.05, 3.63) is 11.8 Å². The van der Waals surface area contributed by atoms with E-state index >= 15 is 0 Å². The van der Waals surface area contributed by atoms with Crippen LogP contribution in [0.2, 0.25) is 0 Å². The molecule has 0 unspecified atom stereocenters. The Kier molecular flexibility index (Phi) is 29.5. The van der Waals surface area contributed by atoms with Gasteiger partial charge in [-0.3, -0.25) is 13.8 Å². The first kappa shape index (κ1) is 33.4. The minimum atomic E-state index is -3.22. The zero-order valence-corrected chi connectivity index (χ0v) is 19.8. The molecule has 0 saturated heterocycles. The summed E-state index contributed by atoms with van der Waals surface area (Å²) < 4.78 is 29.1. The molecule has 0 amide bonds. The van der Waals surface area contributed by atoms with Crippen LogP contribution in [0.3, 0.4) is 0 Å². The van der Waals surface area contributed by atoms with Gasteiger partial charge in [0.25, 0.3) is 0 Å². The molecule has 1 N–H and O–H groups in total. The highest BCUT2D eigenvalue weighted by atomic mass is 79.9. The maximum atomic E-state index is 9.96. The molecule has 0 aromatic heterocycles. The predicted octanol–water partition coefficient (Wildman–Crippen LogP) is 4.62. The summed E-state index contributed by atoms with van der Waals surface area (Å²) in [5.74, 6) is -0.829. The highest BCUT2D eigenvalue weighted by Gasteiger charge is 2.03. The lowest BCUT2D eigenvalue weighted by Crippen LogP contribution is -2.11. The molecular formula is C14H31BrCl3FN3O3P+2. The Bertz CT molecular complexity index is 483. The Morgan fingerprint density at radius 3 is 1.58 bits per heavy atom. The van der Waals surface area contributed by atoms with E-state index in [-0.39, 0.29) is 12.8 Å². The van der Waals surface area contributed by atoms with Crippen molar-refractivity contribution in [1.82, 2.24) is 4.90 Å². The van der Waals surface area contributed by atoms with Crippen LogP contribution in [-0.2, 0) is 9.36 Å². The number of hydrogen-bond donors (Lipinski definition) is 1. The molecule has 6 nitrogen and oxygen atoms in total. The van der Waals surface area contributed by atoms with E-state index < -0.39 is 18.3 Å². The number of rotatable bonds is 4. The summed E-state index contributed by atoms with van der Waals surface area (Å²) in [5.41, 5.74) is 1.18. The average Bonchev–Trinajstić information content (AvgIpc) is 2.35. The largest absolute Gasteiger partial charge is 0.481 e. The number of halogens is 5. The molecule has 0 heterocycles. The summed E-state index contributed by atoms with van der Waals surface area (Å²) in [7, 11) is 11.1. The Hall–Kier alpha value is -0.140. The molecule has 0 aromatic carbocycles. The summed E-state index contributed by atoms with van der Waals surface area (Å²) in [4.78, 5) is 11.4. The number of nitrogens with zero attached hydrogens (tertiary/aromatic N) is 3. The molecule has 0 radical (unpaired) electrons. The topological polar surface area (TPSA) is 63.6 Å². The molecule has 0 aliphatic rings. The Balaban J connectivity index is -0.0000000956. The minimum absolute atomic E-state index is 0. The van der Waals surface area contributed by atoms with Gasteiger partial charge in [0.15, 0.2) is 12.4 Å². The first-order valence-corrected chi connectivity index (χ1v) is 11.9. The third kappa shape index (κ3) is 64.9. The normalized spacial score (nSPS) is 8.81. The van der Waals surface area contributed by atoms with Crippen LogP contribution in [0.1, 0.15) is 8.80 Å². The third-order valence-electron chi connectivity index (χ3n) is 1.34. The van der Waals surface area contributed by atoms with Crippen molar-refractivity contribution in [2.45, 2.75) is 7.43 Å². The third-order valence-corrected chi connectivity index (χ3v) is 1.82. The molecule has 0 aliphatic heterocycles. The van der Waals surface area contributed by atoms with E-state index in [0.29, 0.717) is 0 Å². The molecule has 0 spiro atoms. The van der Waals surface area contributed by atoms with Crippen molar-refractivity contribution in [3.63, 3.8) is 0 Å². The Morgan fingerprint density at radius 2 is 1.46 bits per heavy atom. The van der Waals surface area contributed by atoms with Gasteiger partial charge in [0.1, 0.15) is 39.1 Å². The van der Waals surface area contributed by atoms with Gasteiger partial charge >= 0.3 is 11.2 Å². The molecule has 0 atom stereocenters. The lowest BCUT2D eigenvalue weighted by Gasteiger charge is -2.03. The molecule has 0 bridgehead atoms. The van der Waals surface area contributed by atoms with Crippen molar-refractivity contribution in [3.8, 4) is 0 Å². The number of hydrogen-bond acceptors (Lipinski definition) is 3. The van der Waals surface area contributed by atoms with Crippen LogP contribution < -0.4 is 0 Å². The van der Waals surface area contributed by atoms with Gasteiger partial charge in [0, 0.05) is 20.3 Å². The Labute approximate surface area is 181 Å². The molecule has 26 heavy (non-hydrogen) atoms. The highest BCUT2D eigenvalue weighted by molar-refractivity contribution is 9.09. The van der Waals surface area contributed by atoms with E-state index in [2.05, 4.69) is 68.3 Å². The van der Waals surface area contributed by atoms with Gasteiger partial charge in [-0.2, -0.15) is 0 Å². The number of carboxylic acids is 1. The van der Waals surface area contributed by atoms with Gasteiger partial charge in [-0.25, -0.2) is 9.15 Å². The number of alkyl halides is 2. The maximum absolute atomic E-state index is 9.96. The van der Waals surface area contributed by atoms with E-state index in [1.54, 1.807) is 0 Å². The van der Waals surface area contributed by atoms with Crippen LogP contribution in [0.4, 0.5) is 4.39 Å². The van der Waals surface area contributed by atoms with E-state index in [9.17, 15) is 13.8 Å². The zero-order chi connectivity index (χ0) is 21.9. The van der Waals surface area contributed by atoms with Crippen LogP contribution in [0.5, 0.6) is 0 Å². The highest BCUT2D eigenvalue weighted by Crippen LogP contribution is 2.61. The lowest BCUT2D eigenvalue weighted by molar-refractivity contribution is -0.462. The second-order valence-corrected chi connectivity index (χ2v) is 11.9. The number of carbonyl (C=O) groups is 1. The molecule has 0 rings (SSSR count). The second-order valence-electron chi connectivity index (χ2n) is 4.70. The number of aliphatic carboxylic acids is 1. The van der Waals surface area contributed by atoms with Crippen molar-refractivity contribution in [2.24, 2.45) is 0 Å². The van der Waals surface area contributed by atoms with Gasteiger partial charge in [0.2, 0.25) is 0 Å². The van der Waals surface area contributed by atoms with Gasteiger partial charge in [-0.15, -0.1) is 0 Å². The number of allylic oxidation sites excluding steroid dienone is 1. The van der Waals surface area contributed by atoms with Crippen molar-refractivity contribution >= 4 is 73.3 Å². The first-order chi connectivity index (χ1) is 11.6. The predicted molar refractivity (Wildman–Crippen MR) is 118 cm³/mol. The summed E-state index contributed by atoms with van der Waals surface area (Å²) in [6.45, 7) is 0. The monoisotopic (exact) mass is 524 g/mol. The summed E-state index contributed by atoms with van der Waals surface area (Å²) in [6, 6.07) is 0. The first-order valence-electron chi connectivity index (χ1n) is 7.04. The fraction of sp³-hybridized carbons (Fsp3) is 0.643. The lowest BCUT2D eigenvalue weighted by atomic mass is 10.3. The van der Waals surface area contributed by atoms with Crippen LogP contribution in [-0.4, -0.2) is 92.3 Å². The fourth-order valence-electron chi connectivity index (χ4n) is 0.994. The summed E-state index contributed by atoms with van der Waals surface area (Å²) in [5, 5.41) is 4.49. The van der Waals surface area contributed by atoms with E-state index in [1.165, 1.54) is 5.57 Å². The maximum Gasteiger partial charge on any atom is 0.339 e. The standard InChI is InChI=1S/C10H21N3.C2H3BrO2.CH3F.CH4.Cl3OP/c1-11(2)7-10(8-12(3)4)9-13(5)6;3-1-2(4)5;1-2;;1-5(2,3)4/h7-9H,1-6H3;1H2,(H,4,5);1H3;1H4;/q+2;;;;/i;;1D;;. The molecule has 0 fully saturated rings. The van der Waals surface area contributed by atoms with Crippen LogP contribution in [0.25, 0.3) is 0 Å². The Morgan fingerprint density at radius 1 is 1.23 bits per heavy atom. The van der Waals surface area contributed by atoms with Gasteiger partial charge in [0.05, 0.1) is 8.52 Å². The quantitative estimate of drug-likeness (QED) is 0.251. The van der Waals surface area contributed by atoms with Crippen LogP contribution in [0, 0.1) is 0 Å². The van der Waals surface area contributed by atoms with Crippen molar-refractivity contribution in [2.75, 3.05) is 54.8 Å². The SMILES string of the molecule is C.CN(C)C=C(C=[N+](C)C)C=[N+](C)C.O=C(O)CBr.O=P(Cl)(Cl)Cl.[2H]CF. The van der Waals surface area contributed by atoms with E-state index in [0.717, 1.165) is 0 Å². The summed E-state index contributed by atoms with van der Waals surface area (Å²) >= 11 is 16.6. The van der Waals surface area contributed by atoms with E-state index in [1.807, 2.05) is 56.3 Å². The molecule has 0 aliphatic carbocycles. The van der Waals surface area contributed by atoms with Crippen LogP contribution >= 0.6 is 54.9 Å².